The summed E-state index contributed by atoms with van der Waals surface area (Å²) in [6, 6.07) is 0. The van der Waals surface area contributed by atoms with Crippen LogP contribution >= 0.6 is 7.82 Å². The van der Waals surface area contributed by atoms with Gasteiger partial charge in [-0.1, -0.05) is 0 Å². The summed E-state index contributed by atoms with van der Waals surface area (Å²) in [7, 11) is -5.39. The van der Waals surface area contributed by atoms with Gasteiger partial charge < -0.3 is 23.9 Å². The van der Waals surface area contributed by atoms with E-state index in [1.165, 1.54) is 0 Å². The minimum absolute atomic E-state index is 0. The quantitative estimate of drug-likeness (QED) is 0.279. The number of rotatable bonds is 0. The summed E-state index contributed by atoms with van der Waals surface area (Å²) in [5.41, 5.74) is 0. The summed E-state index contributed by atoms with van der Waals surface area (Å²) in [5, 5.41) is 0. The van der Waals surface area contributed by atoms with Gasteiger partial charge in [0.15, 0.2) is 0 Å². The first-order valence-electron chi connectivity index (χ1n) is 0.730. The van der Waals surface area contributed by atoms with Gasteiger partial charge in [-0.2, -0.15) is 7.82 Å². The molecule has 0 fully saturated rings. The second-order valence-electron chi connectivity index (χ2n) is 0.447. The molecule has 8 heteroatoms. The molecule has 0 heterocycles. The molecular formula is CrFNaO4P. The maximum atomic E-state index is 8.55. The van der Waals surface area contributed by atoms with Crippen molar-refractivity contribution in [1.29, 1.82) is 0 Å². The van der Waals surface area contributed by atoms with Crippen molar-refractivity contribution >= 4 is 7.82 Å². The Morgan fingerprint density at radius 3 is 1.12 bits per heavy atom. The number of halogens is 1. The zero-order valence-corrected chi connectivity index (χ0v) is 8.04. The van der Waals surface area contributed by atoms with Crippen molar-refractivity contribution in [2.24, 2.45) is 0 Å². The standard InChI is InChI=1S/Cr.FH.Na.H3O4P/c;;;1-5(2,3)4/h;1H;;(H3,1,2,3,4)/q+3;;+1;/p-4. The molecule has 0 saturated carbocycles. The van der Waals surface area contributed by atoms with Crippen molar-refractivity contribution in [3.8, 4) is 0 Å². The summed E-state index contributed by atoms with van der Waals surface area (Å²) in [6.07, 6.45) is 0. The van der Waals surface area contributed by atoms with E-state index < -0.39 is 7.82 Å². The zero-order chi connectivity index (χ0) is 4.50. The van der Waals surface area contributed by atoms with Crippen LogP contribution in [0.15, 0.2) is 0 Å². The Hall–Kier alpha value is 1.57. The third-order valence-electron chi connectivity index (χ3n) is 0. The van der Waals surface area contributed by atoms with Gasteiger partial charge in [0, 0.05) is 0 Å². The van der Waals surface area contributed by atoms with Crippen LogP contribution in [0.4, 0.5) is 0 Å². The van der Waals surface area contributed by atoms with Crippen LogP contribution < -0.4 is 48.9 Å². The molecule has 43 valence electrons. The molecular weight excluding hydrogens is 189 g/mol. The van der Waals surface area contributed by atoms with Gasteiger partial charge >= 0.3 is 46.9 Å². The largest absolute Gasteiger partial charge is 3.00 e. The molecule has 1 radical (unpaired) electrons. The predicted molar refractivity (Wildman–Crippen MR) is 7.61 cm³/mol. The van der Waals surface area contributed by atoms with Crippen molar-refractivity contribution in [3.05, 3.63) is 0 Å². The van der Waals surface area contributed by atoms with Gasteiger partial charge in [0.1, 0.15) is 0 Å². The SMILES string of the molecule is O=P([O-])([O-])[O-].[Cr+3].[F-].[Na+]. The second-order valence-corrected chi connectivity index (χ2v) is 1.34. The minimum Gasteiger partial charge on any atom is -1.00 e. The molecule has 0 aliphatic heterocycles. The third kappa shape index (κ3) is 132. The molecule has 0 N–H and O–H groups in total. The molecule has 0 aliphatic rings. The summed E-state index contributed by atoms with van der Waals surface area (Å²) in [4.78, 5) is 25.6. The van der Waals surface area contributed by atoms with E-state index in [9.17, 15) is 0 Å². The van der Waals surface area contributed by atoms with Gasteiger partial charge in [-0.15, -0.1) is 0 Å². The molecule has 4 nitrogen and oxygen atoms in total. The van der Waals surface area contributed by atoms with Gasteiger partial charge in [-0.05, 0) is 0 Å². The van der Waals surface area contributed by atoms with Crippen molar-refractivity contribution in [2.75, 3.05) is 0 Å². The maximum absolute atomic E-state index is 8.55. The minimum atomic E-state index is -5.39. The van der Waals surface area contributed by atoms with Crippen LogP contribution in [0, 0.1) is 0 Å². The molecule has 0 rings (SSSR count). The van der Waals surface area contributed by atoms with Gasteiger partial charge in [0.05, 0.1) is 0 Å². The molecule has 0 aromatic heterocycles. The molecule has 8 heavy (non-hydrogen) atoms. The van der Waals surface area contributed by atoms with Crippen LogP contribution in [0.2, 0.25) is 0 Å². The van der Waals surface area contributed by atoms with Crippen LogP contribution in [0.5, 0.6) is 0 Å². The summed E-state index contributed by atoms with van der Waals surface area (Å²) >= 11 is 0. The van der Waals surface area contributed by atoms with E-state index in [1.54, 1.807) is 0 Å². The third-order valence-corrected chi connectivity index (χ3v) is 0. The monoisotopic (exact) mass is 189 g/mol. The molecule has 0 unspecified atom stereocenters. The molecule has 0 atom stereocenters. The first kappa shape index (κ1) is 22.7. The number of hydrogen-bond donors (Lipinski definition) is 0. The summed E-state index contributed by atoms with van der Waals surface area (Å²) < 4.78 is 8.55. The van der Waals surface area contributed by atoms with Crippen molar-refractivity contribution < 1.29 is 70.9 Å². The fourth-order valence-electron chi connectivity index (χ4n) is 0. The molecule has 0 spiro atoms. The van der Waals surface area contributed by atoms with E-state index >= 15 is 0 Å². The molecule has 0 aromatic rings. The Bertz CT molecular complexity index is 62.2. The Balaban J connectivity index is -0.0000000267. The fourth-order valence-corrected chi connectivity index (χ4v) is 0. The topological polar surface area (TPSA) is 86.2 Å². The van der Waals surface area contributed by atoms with Crippen molar-refractivity contribution in [2.45, 2.75) is 0 Å². The fraction of sp³-hybridized carbons (Fsp3) is 0. The average molecular weight is 189 g/mol. The van der Waals surface area contributed by atoms with Crippen molar-refractivity contribution in [3.63, 3.8) is 0 Å². The Morgan fingerprint density at radius 1 is 1.12 bits per heavy atom. The molecule has 0 aliphatic carbocycles. The first-order valence-corrected chi connectivity index (χ1v) is 2.19. The number of hydrogen-bond acceptors (Lipinski definition) is 4. The number of phosphoric acid groups is 1. The van der Waals surface area contributed by atoms with E-state index in [0.29, 0.717) is 0 Å². The van der Waals surface area contributed by atoms with Crippen LogP contribution in [0.1, 0.15) is 0 Å². The van der Waals surface area contributed by atoms with Crippen LogP contribution in [-0.2, 0) is 21.9 Å². The van der Waals surface area contributed by atoms with Crippen LogP contribution in [0.3, 0.4) is 0 Å². The predicted octanol–water partition coefficient (Wildman–Crippen LogP) is -8.82. The van der Waals surface area contributed by atoms with Crippen molar-refractivity contribution in [1.82, 2.24) is 0 Å². The van der Waals surface area contributed by atoms with Gasteiger partial charge in [0.25, 0.3) is 0 Å². The van der Waals surface area contributed by atoms with E-state index in [-0.39, 0.29) is 51.6 Å². The van der Waals surface area contributed by atoms with Crippen LogP contribution in [-0.4, -0.2) is 0 Å². The van der Waals surface area contributed by atoms with Gasteiger partial charge in [0.2, 0.25) is 0 Å². The normalized spacial score (nSPS) is 7.38. The van der Waals surface area contributed by atoms with E-state index in [0.717, 1.165) is 0 Å². The van der Waals surface area contributed by atoms with E-state index in [2.05, 4.69) is 0 Å². The van der Waals surface area contributed by atoms with Crippen LogP contribution in [0.25, 0.3) is 0 Å². The Morgan fingerprint density at radius 2 is 1.12 bits per heavy atom. The van der Waals surface area contributed by atoms with Gasteiger partial charge in [-0.3, -0.25) is 0 Å². The molecule has 0 amide bonds. The zero-order valence-electron chi connectivity index (χ0n) is 3.87. The molecule has 0 aromatic carbocycles. The van der Waals surface area contributed by atoms with E-state index in [4.69, 9.17) is 19.2 Å². The maximum Gasteiger partial charge on any atom is 3.00 e. The van der Waals surface area contributed by atoms with Gasteiger partial charge in [-0.25, -0.2) is 0 Å². The Kier molecular flexibility index (Phi) is 24.3. The Labute approximate surface area is 78.3 Å². The molecule has 0 bridgehead atoms. The smallest absolute Gasteiger partial charge is 1.00 e. The second kappa shape index (κ2) is 8.57. The summed E-state index contributed by atoms with van der Waals surface area (Å²) in [5.74, 6) is 0. The summed E-state index contributed by atoms with van der Waals surface area (Å²) in [6.45, 7) is 0. The molecule has 0 saturated heterocycles. The average Bonchev–Trinajstić information content (AvgIpc) is 0.722. The van der Waals surface area contributed by atoms with E-state index in [1.807, 2.05) is 0 Å². The first-order chi connectivity index (χ1) is 2.00.